The summed E-state index contributed by atoms with van der Waals surface area (Å²) < 4.78 is 0. The predicted molar refractivity (Wildman–Crippen MR) is 78.8 cm³/mol. The Morgan fingerprint density at radius 3 is 2.55 bits per heavy atom. The number of hydrogen-bond acceptors (Lipinski definition) is 2. The Morgan fingerprint density at radius 2 is 1.90 bits per heavy atom. The molecule has 2 aromatic rings. The van der Waals surface area contributed by atoms with Crippen molar-refractivity contribution in [1.29, 1.82) is 0 Å². The molecule has 102 valence electrons. The fraction of sp³-hybridized carbons (Fsp3) is 0.235. The van der Waals surface area contributed by atoms with Crippen LogP contribution in [0.3, 0.4) is 0 Å². The van der Waals surface area contributed by atoms with Crippen LogP contribution in [0.1, 0.15) is 34.8 Å². The SMILES string of the molecule is O=C(O)c1ccc(-c2cccc([C@@H]3CCCN3)c2)cc1. The highest BCUT2D eigenvalue weighted by Crippen LogP contribution is 2.27. The third-order valence-electron chi connectivity index (χ3n) is 3.81. The highest BCUT2D eigenvalue weighted by Gasteiger charge is 2.16. The van der Waals surface area contributed by atoms with Gasteiger partial charge in [0.05, 0.1) is 5.56 Å². The van der Waals surface area contributed by atoms with Gasteiger partial charge < -0.3 is 10.4 Å². The highest BCUT2D eigenvalue weighted by molar-refractivity contribution is 5.88. The second kappa shape index (κ2) is 5.47. The minimum absolute atomic E-state index is 0.322. The van der Waals surface area contributed by atoms with Crippen LogP contribution in [0.15, 0.2) is 48.5 Å². The van der Waals surface area contributed by atoms with E-state index in [0.29, 0.717) is 11.6 Å². The monoisotopic (exact) mass is 267 g/mol. The number of benzene rings is 2. The van der Waals surface area contributed by atoms with Crippen LogP contribution in [-0.4, -0.2) is 17.6 Å². The molecule has 3 heteroatoms. The molecule has 0 aromatic heterocycles. The number of hydrogen-bond donors (Lipinski definition) is 2. The third-order valence-corrected chi connectivity index (χ3v) is 3.81. The van der Waals surface area contributed by atoms with Gasteiger partial charge in [-0.3, -0.25) is 0 Å². The lowest BCUT2D eigenvalue weighted by molar-refractivity contribution is 0.0697. The topological polar surface area (TPSA) is 49.3 Å². The molecular weight excluding hydrogens is 250 g/mol. The van der Waals surface area contributed by atoms with E-state index in [1.807, 2.05) is 12.1 Å². The standard InChI is InChI=1S/C17H17NO2/c19-17(20)13-8-6-12(7-9-13)14-3-1-4-15(11-14)16-5-2-10-18-16/h1,3-4,6-9,11,16,18H,2,5,10H2,(H,19,20)/t16-/m0/s1. The molecule has 1 saturated heterocycles. The number of carboxylic acids is 1. The first-order valence-electron chi connectivity index (χ1n) is 6.91. The maximum atomic E-state index is 10.9. The van der Waals surface area contributed by atoms with Gasteiger partial charge in [0.25, 0.3) is 0 Å². The molecule has 0 unspecified atom stereocenters. The van der Waals surface area contributed by atoms with Gasteiger partial charge in [-0.05, 0) is 54.3 Å². The molecule has 1 atom stereocenters. The molecule has 2 aromatic carbocycles. The van der Waals surface area contributed by atoms with E-state index in [0.717, 1.165) is 17.7 Å². The maximum Gasteiger partial charge on any atom is 0.335 e. The van der Waals surface area contributed by atoms with Crippen LogP contribution in [0.5, 0.6) is 0 Å². The molecule has 1 fully saturated rings. The first-order valence-corrected chi connectivity index (χ1v) is 6.91. The van der Waals surface area contributed by atoms with Crippen molar-refractivity contribution in [2.45, 2.75) is 18.9 Å². The lowest BCUT2D eigenvalue weighted by Gasteiger charge is -2.12. The predicted octanol–water partition coefficient (Wildman–Crippen LogP) is 3.48. The first-order chi connectivity index (χ1) is 9.74. The van der Waals surface area contributed by atoms with Gasteiger partial charge in [-0.1, -0.05) is 30.3 Å². The number of aromatic carboxylic acids is 1. The van der Waals surface area contributed by atoms with Crippen molar-refractivity contribution in [2.75, 3.05) is 6.54 Å². The van der Waals surface area contributed by atoms with Crippen molar-refractivity contribution in [3.05, 3.63) is 59.7 Å². The number of carbonyl (C=O) groups is 1. The molecule has 0 amide bonds. The van der Waals surface area contributed by atoms with Gasteiger partial charge in [-0.2, -0.15) is 0 Å². The third kappa shape index (κ3) is 2.58. The van der Waals surface area contributed by atoms with E-state index >= 15 is 0 Å². The van der Waals surface area contributed by atoms with Gasteiger partial charge in [-0.15, -0.1) is 0 Å². The van der Waals surface area contributed by atoms with Crippen molar-refractivity contribution in [3.8, 4) is 11.1 Å². The second-order valence-electron chi connectivity index (χ2n) is 5.16. The molecule has 1 heterocycles. The molecule has 0 radical (unpaired) electrons. The van der Waals surface area contributed by atoms with Crippen LogP contribution in [0.2, 0.25) is 0 Å². The van der Waals surface area contributed by atoms with Crippen molar-refractivity contribution in [3.63, 3.8) is 0 Å². The molecule has 20 heavy (non-hydrogen) atoms. The number of rotatable bonds is 3. The van der Waals surface area contributed by atoms with Gasteiger partial charge in [0, 0.05) is 6.04 Å². The maximum absolute atomic E-state index is 10.9. The van der Waals surface area contributed by atoms with E-state index in [4.69, 9.17) is 5.11 Å². The Balaban J connectivity index is 1.89. The highest BCUT2D eigenvalue weighted by atomic mass is 16.4. The van der Waals surface area contributed by atoms with E-state index in [1.54, 1.807) is 12.1 Å². The minimum Gasteiger partial charge on any atom is -0.478 e. The fourth-order valence-electron chi connectivity index (χ4n) is 2.71. The van der Waals surface area contributed by atoms with Gasteiger partial charge in [0.1, 0.15) is 0 Å². The quantitative estimate of drug-likeness (QED) is 0.895. The van der Waals surface area contributed by atoms with E-state index in [9.17, 15) is 4.79 Å². The zero-order chi connectivity index (χ0) is 13.9. The van der Waals surface area contributed by atoms with E-state index in [2.05, 4.69) is 29.6 Å². The van der Waals surface area contributed by atoms with Crippen LogP contribution >= 0.6 is 0 Å². The molecule has 0 aliphatic carbocycles. The normalized spacial score (nSPS) is 18.1. The smallest absolute Gasteiger partial charge is 0.335 e. The summed E-state index contributed by atoms with van der Waals surface area (Å²) in [4.78, 5) is 10.9. The van der Waals surface area contributed by atoms with Crippen molar-refractivity contribution >= 4 is 5.97 Å². The van der Waals surface area contributed by atoms with Crippen LogP contribution < -0.4 is 5.32 Å². The molecular formula is C17H17NO2. The Labute approximate surface area is 118 Å². The summed E-state index contributed by atoms with van der Waals surface area (Å²) in [5.41, 5.74) is 3.81. The Hall–Kier alpha value is -2.13. The minimum atomic E-state index is -0.888. The van der Waals surface area contributed by atoms with Crippen molar-refractivity contribution in [1.82, 2.24) is 5.32 Å². The van der Waals surface area contributed by atoms with E-state index < -0.39 is 5.97 Å². The average Bonchev–Trinajstić information content (AvgIpc) is 3.02. The van der Waals surface area contributed by atoms with Gasteiger partial charge in [0.2, 0.25) is 0 Å². The van der Waals surface area contributed by atoms with Crippen molar-refractivity contribution in [2.24, 2.45) is 0 Å². The van der Waals surface area contributed by atoms with Gasteiger partial charge in [-0.25, -0.2) is 4.79 Å². The summed E-state index contributed by atoms with van der Waals surface area (Å²) >= 11 is 0. The molecule has 0 spiro atoms. The lowest BCUT2D eigenvalue weighted by atomic mass is 9.98. The summed E-state index contributed by atoms with van der Waals surface area (Å²) in [5, 5.41) is 12.4. The van der Waals surface area contributed by atoms with Gasteiger partial charge >= 0.3 is 5.97 Å². The summed E-state index contributed by atoms with van der Waals surface area (Å²) in [6.45, 7) is 1.09. The molecule has 0 bridgehead atoms. The zero-order valence-corrected chi connectivity index (χ0v) is 11.2. The lowest BCUT2D eigenvalue weighted by Crippen LogP contribution is -2.12. The van der Waals surface area contributed by atoms with Crippen LogP contribution in [0.4, 0.5) is 0 Å². The average molecular weight is 267 g/mol. The Bertz CT molecular complexity index is 613. The number of nitrogens with one attached hydrogen (secondary N) is 1. The number of carboxylic acid groups (broad SMARTS) is 1. The molecule has 2 N–H and O–H groups in total. The molecule has 1 aliphatic heterocycles. The zero-order valence-electron chi connectivity index (χ0n) is 11.2. The summed E-state index contributed by atoms with van der Waals surface area (Å²) in [7, 11) is 0. The first kappa shape index (κ1) is 12.9. The van der Waals surface area contributed by atoms with Crippen molar-refractivity contribution < 1.29 is 9.90 Å². The van der Waals surface area contributed by atoms with Crippen LogP contribution in [-0.2, 0) is 0 Å². The van der Waals surface area contributed by atoms with E-state index in [1.165, 1.54) is 18.4 Å². The van der Waals surface area contributed by atoms with Crippen LogP contribution in [0, 0.1) is 0 Å². The summed E-state index contributed by atoms with van der Waals surface area (Å²) in [5.74, 6) is -0.888. The fourth-order valence-corrected chi connectivity index (χ4v) is 2.71. The van der Waals surface area contributed by atoms with Gasteiger partial charge in [0.15, 0.2) is 0 Å². The van der Waals surface area contributed by atoms with Crippen LogP contribution in [0.25, 0.3) is 11.1 Å². The molecule has 3 nitrogen and oxygen atoms in total. The Morgan fingerprint density at radius 1 is 1.10 bits per heavy atom. The summed E-state index contributed by atoms with van der Waals surface area (Å²) in [6.07, 6.45) is 2.41. The second-order valence-corrected chi connectivity index (χ2v) is 5.16. The summed E-state index contributed by atoms with van der Waals surface area (Å²) in [6, 6.07) is 16.0. The Kier molecular flexibility index (Phi) is 3.52. The molecule has 1 aliphatic rings. The molecule has 0 saturated carbocycles. The largest absolute Gasteiger partial charge is 0.478 e. The van der Waals surface area contributed by atoms with E-state index in [-0.39, 0.29) is 0 Å². The molecule has 3 rings (SSSR count).